The average molecular weight is 635 g/mol. The number of alkyl halides is 2. The van der Waals surface area contributed by atoms with Crippen LogP contribution >= 0.6 is 22.9 Å². The summed E-state index contributed by atoms with van der Waals surface area (Å²) in [6, 6.07) is 11.8. The lowest BCUT2D eigenvalue weighted by Gasteiger charge is -2.37. The maximum Gasteiger partial charge on any atom is 0.307 e. The van der Waals surface area contributed by atoms with E-state index in [0.717, 1.165) is 36.3 Å². The predicted molar refractivity (Wildman–Crippen MR) is 159 cm³/mol. The Morgan fingerprint density at radius 2 is 1.53 bits per heavy atom. The van der Waals surface area contributed by atoms with Crippen molar-refractivity contribution in [2.45, 2.75) is 57.2 Å². The molecule has 4 nitrogen and oxygen atoms in total. The van der Waals surface area contributed by atoms with Gasteiger partial charge in [-0.3, -0.25) is 9.59 Å². The summed E-state index contributed by atoms with van der Waals surface area (Å²) in [6.45, 7) is 0.397. The largest absolute Gasteiger partial charge is 0.330 e. The lowest BCUT2D eigenvalue weighted by Crippen LogP contribution is -2.44. The van der Waals surface area contributed by atoms with Crippen molar-refractivity contribution in [1.82, 2.24) is 10.2 Å². The van der Waals surface area contributed by atoms with Gasteiger partial charge in [0.2, 0.25) is 5.78 Å². The van der Waals surface area contributed by atoms with Gasteiger partial charge in [-0.05, 0) is 68.1 Å². The Hall–Kier alpha value is -3.34. The zero-order chi connectivity index (χ0) is 31.1. The van der Waals surface area contributed by atoms with Crippen LogP contribution in [0.3, 0.4) is 0 Å². The number of rotatable bonds is 8. The van der Waals surface area contributed by atoms with Gasteiger partial charge in [-0.25, -0.2) is 13.2 Å². The Kier molecular flexibility index (Phi) is 8.92. The molecule has 1 saturated carbocycles. The highest BCUT2D eigenvalue weighted by atomic mass is 35.5. The molecular formula is C32H28ClF5N2O2S. The van der Waals surface area contributed by atoms with Crippen LogP contribution < -0.4 is 5.32 Å². The Morgan fingerprint density at radius 1 is 0.930 bits per heavy atom. The molecule has 0 saturated heterocycles. The summed E-state index contributed by atoms with van der Waals surface area (Å²) in [5.74, 6) is -7.37. The number of fused-ring (bicyclic) bond motifs is 1. The number of benzene rings is 3. The smallest absolute Gasteiger partial charge is 0.307 e. The molecule has 0 aliphatic heterocycles. The van der Waals surface area contributed by atoms with E-state index in [0.29, 0.717) is 30.9 Å². The molecule has 1 amide bonds. The fourth-order valence-corrected chi connectivity index (χ4v) is 7.04. The van der Waals surface area contributed by atoms with Gasteiger partial charge < -0.3 is 10.2 Å². The molecule has 0 unspecified atom stereocenters. The van der Waals surface area contributed by atoms with Gasteiger partial charge in [0, 0.05) is 36.7 Å². The molecule has 5 rings (SSSR count). The van der Waals surface area contributed by atoms with Gasteiger partial charge in [-0.2, -0.15) is 8.78 Å². The summed E-state index contributed by atoms with van der Waals surface area (Å²) in [4.78, 5) is 27.5. The van der Waals surface area contributed by atoms with Crippen molar-refractivity contribution < 1.29 is 31.5 Å². The molecule has 11 heteroatoms. The van der Waals surface area contributed by atoms with E-state index < -0.39 is 35.1 Å². The van der Waals surface area contributed by atoms with Crippen LogP contribution in [0.15, 0.2) is 54.6 Å². The predicted octanol–water partition coefficient (Wildman–Crippen LogP) is 8.65. The minimum absolute atomic E-state index is 0.0269. The van der Waals surface area contributed by atoms with Crippen molar-refractivity contribution in [3.8, 4) is 11.1 Å². The highest BCUT2D eigenvalue weighted by Gasteiger charge is 2.34. The molecule has 0 atom stereocenters. The van der Waals surface area contributed by atoms with E-state index >= 15 is 4.39 Å². The first kappa shape index (κ1) is 31.1. The summed E-state index contributed by atoms with van der Waals surface area (Å²) < 4.78 is 71.3. The third kappa shape index (κ3) is 6.32. The van der Waals surface area contributed by atoms with Gasteiger partial charge in [0.15, 0.2) is 0 Å². The molecule has 1 fully saturated rings. The van der Waals surface area contributed by atoms with E-state index in [1.165, 1.54) is 41.3 Å². The fraction of sp³-hybridized carbons (Fsp3) is 0.312. The van der Waals surface area contributed by atoms with Crippen molar-refractivity contribution in [3.63, 3.8) is 0 Å². The lowest BCUT2D eigenvalue weighted by atomic mass is 9.89. The second kappa shape index (κ2) is 12.3. The first-order valence-electron chi connectivity index (χ1n) is 13.7. The molecule has 4 aromatic rings. The summed E-state index contributed by atoms with van der Waals surface area (Å²) >= 11 is 7.23. The van der Waals surface area contributed by atoms with Gasteiger partial charge in [0.25, 0.3) is 5.91 Å². The van der Waals surface area contributed by atoms with Crippen molar-refractivity contribution in [2.75, 3.05) is 7.05 Å². The third-order valence-electron chi connectivity index (χ3n) is 7.95. The van der Waals surface area contributed by atoms with Crippen LogP contribution in [0, 0.1) is 17.5 Å². The number of Topliss-reactive ketones (excluding diaryl/α,β-unsaturated/α-hetero) is 1. The maximum atomic E-state index is 15.3. The van der Waals surface area contributed by atoms with E-state index in [-0.39, 0.29) is 49.7 Å². The number of carbonyl (C=O) groups is 2. The topological polar surface area (TPSA) is 49.4 Å². The standard InChI is InChI=1S/C32H28ClF5N2O2S/c1-32(37,38)30(41)18-5-3-17(4-6-18)19-7-12-23(34)20(15-19)16-40(22-10-8-21(39-2)9-11-22)31(42)29-27(33)26-24(35)13-14-25(36)28(26)43-29/h3-7,12-15,21-22,39H,8-11,16H2,1-2H3. The molecular weight excluding hydrogens is 607 g/mol. The molecule has 1 aliphatic rings. The van der Waals surface area contributed by atoms with Crippen molar-refractivity contribution in [2.24, 2.45) is 0 Å². The van der Waals surface area contributed by atoms with E-state index in [4.69, 9.17) is 11.6 Å². The minimum Gasteiger partial charge on any atom is -0.330 e. The number of halogens is 6. The second-order valence-electron chi connectivity index (χ2n) is 10.8. The van der Waals surface area contributed by atoms with Crippen LogP contribution in [0.5, 0.6) is 0 Å². The van der Waals surface area contributed by atoms with Gasteiger partial charge >= 0.3 is 5.92 Å². The number of hydrogen-bond acceptors (Lipinski definition) is 4. The number of amides is 1. The van der Waals surface area contributed by atoms with E-state index in [2.05, 4.69) is 5.32 Å². The molecule has 1 aliphatic carbocycles. The molecule has 0 bridgehead atoms. The van der Waals surface area contributed by atoms with Crippen LogP contribution in [0.4, 0.5) is 22.0 Å². The Balaban J connectivity index is 1.50. The van der Waals surface area contributed by atoms with Gasteiger partial charge in [-0.1, -0.05) is 41.9 Å². The number of nitrogens with zero attached hydrogens (tertiary/aromatic N) is 1. The van der Waals surface area contributed by atoms with Crippen LogP contribution in [-0.2, 0) is 6.54 Å². The Labute approximate surface area is 254 Å². The molecule has 3 aromatic carbocycles. The summed E-state index contributed by atoms with van der Waals surface area (Å²) in [6.07, 6.45) is 2.81. The zero-order valence-electron chi connectivity index (χ0n) is 23.3. The van der Waals surface area contributed by atoms with Crippen molar-refractivity contribution >= 4 is 44.7 Å². The normalized spacial score (nSPS) is 17.3. The van der Waals surface area contributed by atoms with E-state index in [1.807, 2.05) is 7.05 Å². The second-order valence-corrected chi connectivity index (χ2v) is 12.2. The molecule has 226 valence electrons. The molecule has 0 radical (unpaired) electrons. The van der Waals surface area contributed by atoms with Gasteiger partial charge in [-0.15, -0.1) is 11.3 Å². The van der Waals surface area contributed by atoms with Crippen LogP contribution in [0.25, 0.3) is 21.2 Å². The Morgan fingerprint density at radius 3 is 2.14 bits per heavy atom. The number of carbonyl (C=O) groups excluding carboxylic acids is 2. The van der Waals surface area contributed by atoms with Crippen LogP contribution in [-0.4, -0.2) is 41.6 Å². The van der Waals surface area contributed by atoms with Gasteiger partial charge in [0.05, 0.1) is 15.1 Å². The highest BCUT2D eigenvalue weighted by molar-refractivity contribution is 7.21. The summed E-state index contributed by atoms with van der Waals surface area (Å²) in [5.41, 5.74) is 1.15. The van der Waals surface area contributed by atoms with Crippen LogP contribution in [0.2, 0.25) is 5.02 Å². The van der Waals surface area contributed by atoms with E-state index in [1.54, 1.807) is 6.07 Å². The molecule has 1 heterocycles. The maximum absolute atomic E-state index is 15.3. The number of thiophene rings is 1. The fourth-order valence-electron chi connectivity index (χ4n) is 5.54. The summed E-state index contributed by atoms with van der Waals surface area (Å²) in [7, 11) is 1.87. The first-order chi connectivity index (χ1) is 20.4. The zero-order valence-corrected chi connectivity index (χ0v) is 24.9. The number of nitrogens with one attached hydrogen (secondary N) is 1. The molecule has 43 heavy (non-hydrogen) atoms. The molecule has 1 N–H and O–H groups in total. The molecule has 1 aromatic heterocycles. The SMILES string of the molecule is CNC1CCC(N(Cc2cc(-c3ccc(C(=O)C(C)(F)F)cc3)ccc2F)C(=O)c2sc3c(F)ccc(F)c3c2Cl)CC1. The van der Waals surface area contributed by atoms with Gasteiger partial charge in [0.1, 0.15) is 22.3 Å². The van der Waals surface area contributed by atoms with Crippen LogP contribution in [0.1, 0.15) is 58.2 Å². The van der Waals surface area contributed by atoms with Crippen molar-refractivity contribution in [3.05, 3.63) is 93.1 Å². The number of ketones is 1. The number of hydrogen-bond donors (Lipinski definition) is 1. The Bertz CT molecular complexity index is 1680. The minimum atomic E-state index is -3.51. The quantitative estimate of drug-likeness (QED) is 0.156. The van der Waals surface area contributed by atoms with Crippen molar-refractivity contribution in [1.29, 1.82) is 0 Å². The monoisotopic (exact) mass is 634 g/mol. The average Bonchev–Trinajstić information content (AvgIpc) is 3.36. The first-order valence-corrected chi connectivity index (χ1v) is 14.9. The highest BCUT2D eigenvalue weighted by Crippen LogP contribution is 2.40. The third-order valence-corrected chi connectivity index (χ3v) is 9.62. The summed E-state index contributed by atoms with van der Waals surface area (Å²) in [5, 5.41) is 2.89. The molecule has 0 spiro atoms. The lowest BCUT2D eigenvalue weighted by molar-refractivity contribution is 0.0221. The van der Waals surface area contributed by atoms with E-state index in [9.17, 15) is 27.2 Å².